The van der Waals surface area contributed by atoms with E-state index in [9.17, 15) is 9.18 Å². The van der Waals surface area contributed by atoms with Crippen molar-refractivity contribution in [3.8, 4) is 0 Å². The summed E-state index contributed by atoms with van der Waals surface area (Å²) < 4.78 is 18.1. The molecule has 1 aromatic carbocycles. The number of hydrogen-bond acceptors (Lipinski definition) is 3. The second-order valence-electron chi connectivity index (χ2n) is 4.61. The SMILES string of the molecule is CCc1c(C)noc1NC(=O)CCc1cccc(F)c1. The maximum atomic E-state index is 13.0. The van der Waals surface area contributed by atoms with Crippen molar-refractivity contribution in [3.05, 3.63) is 46.9 Å². The van der Waals surface area contributed by atoms with Crippen LogP contribution in [0.15, 0.2) is 28.8 Å². The fraction of sp³-hybridized carbons (Fsp3) is 0.333. The van der Waals surface area contributed by atoms with Crippen molar-refractivity contribution in [2.45, 2.75) is 33.1 Å². The molecule has 0 bridgehead atoms. The zero-order valence-electron chi connectivity index (χ0n) is 11.6. The van der Waals surface area contributed by atoms with Crippen LogP contribution in [0.4, 0.5) is 10.3 Å². The van der Waals surface area contributed by atoms with E-state index in [-0.39, 0.29) is 18.1 Å². The van der Waals surface area contributed by atoms with Gasteiger partial charge >= 0.3 is 0 Å². The van der Waals surface area contributed by atoms with E-state index in [0.717, 1.165) is 23.2 Å². The van der Waals surface area contributed by atoms with Crippen LogP contribution in [-0.4, -0.2) is 11.1 Å². The van der Waals surface area contributed by atoms with Gasteiger partial charge in [-0.05, 0) is 37.5 Å². The maximum Gasteiger partial charge on any atom is 0.234 e. The number of halogens is 1. The van der Waals surface area contributed by atoms with E-state index >= 15 is 0 Å². The third kappa shape index (κ3) is 3.44. The van der Waals surface area contributed by atoms with Crippen molar-refractivity contribution in [3.63, 3.8) is 0 Å². The smallest absolute Gasteiger partial charge is 0.234 e. The molecule has 2 aromatic rings. The van der Waals surface area contributed by atoms with Gasteiger partial charge in [0, 0.05) is 12.0 Å². The van der Waals surface area contributed by atoms with Gasteiger partial charge in [-0.1, -0.05) is 24.2 Å². The van der Waals surface area contributed by atoms with Gasteiger partial charge in [-0.3, -0.25) is 10.1 Å². The molecule has 0 aliphatic rings. The van der Waals surface area contributed by atoms with Gasteiger partial charge in [0.2, 0.25) is 11.8 Å². The van der Waals surface area contributed by atoms with E-state index in [1.165, 1.54) is 12.1 Å². The van der Waals surface area contributed by atoms with Crippen molar-refractivity contribution >= 4 is 11.8 Å². The fourth-order valence-electron chi connectivity index (χ4n) is 2.04. The zero-order valence-corrected chi connectivity index (χ0v) is 11.6. The molecule has 106 valence electrons. The lowest BCUT2D eigenvalue weighted by Gasteiger charge is -2.04. The van der Waals surface area contributed by atoms with Gasteiger partial charge in [0.15, 0.2) is 0 Å². The highest BCUT2D eigenvalue weighted by molar-refractivity contribution is 5.90. The first-order valence-electron chi connectivity index (χ1n) is 6.59. The lowest BCUT2D eigenvalue weighted by atomic mass is 10.1. The maximum absolute atomic E-state index is 13.0. The minimum atomic E-state index is -0.290. The Hall–Kier alpha value is -2.17. The number of nitrogens with one attached hydrogen (secondary N) is 1. The molecule has 2 rings (SSSR count). The molecule has 0 fully saturated rings. The quantitative estimate of drug-likeness (QED) is 0.912. The van der Waals surface area contributed by atoms with Gasteiger partial charge in [-0.15, -0.1) is 0 Å². The Morgan fingerprint density at radius 1 is 1.45 bits per heavy atom. The number of aryl methyl sites for hydroxylation is 2. The van der Waals surface area contributed by atoms with E-state index in [1.807, 2.05) is 13.8 Å². The summed E-state index contributed by atoms with van der Waals surface area (Å²) in [5.41, 5.74) is 2.49. The van der Waals surface area contributed by atoms with Crippen molar-refractivity contribution in [1.82, 2.24) is 5.16 Å². The van der Waals surface area contributed by atoms with Crippen LogP contribution in [0, 0.1) is 12.7 Å². The lowest BCUT2D eigenvalue weighted by Crippen LogP contribution is -2.13. The van der Waals surface area contributed by atoms with E-state index in [1.54, 1.807) is 12.1 Å². The topological polar surface area (TPSA) is 55.1 Å². The molecule has 0 radical (unpaired) electrons. The molecule has 5 heteroatoms. The zero-order chi connectivity index (χ0) is 14.5. The van der Waals surface area contributed by atoms with Crippen LogP contribution >= 0.6 is 0 Å². The first kappa shape index (κ1) is 14.2. The van der Waals surface area contributed by atoms with Crippen LogP contribution in [0.3, 0.4) is 0 Å². The van der Waals surface area contributed by atoms with E-state index in [4.69, 9.17) is 4.52 Å². The molecule has 20 heavy (non-hydrogen) atoms. The molecule has 0 saturated carbocycles. The second-order valence-corrected chi connectivity index (χ2v) is 4.61. The third-order valence-corrected chi connectivity index (χ3v) is 3.12. The van der Waals surface area contributed by atoms with Crippen LogP contribution in [0.2, 0.25) is 0 Å². The van der Waals surface area contributed by atoms with Crippen LogP contribution < -0.4 is 5.32 Å². The Morgan fingerprint density at radius 2 is 2.25 bits per heavy atom. The van der Waals surface area contributed by atoms with E-state index < -0.39 is 0 Å². The highest BCUT2D eigenvalue weighted by atomic mass is 19.1. The molecule has 0 saturated heterocycles. The number of nitrogens with zero attached hydrogens (tertiary/aromatic N) is 1. The largest absolute Gasteiger partial charge is 0.338 e. The number of hydrogen-bond donors (Lipinski definition) is 1. The van der Waals surface area contributed by atoms with Gasteiger partial charge in [-0.25, -0.2) is 4.39 Å². The van der Waals surface area contributed by atoms with E-state index in [0.29, 0.717) is 12.3 Å². The number of benzene rings is 1. The van der Waals surface area contributed by atoms with Crippen molar-refractivity contribution in [1.29, 1.82) is 0 Å². The summed E-state index contributed by atoms with van der Waals surface area (Å²) in [6.07, 6.45) is 1.50. The third-order valence-electron chi connectivity index (χ3n) is 3.12. The van der Waals surface area contributed by atoms with Gasteiger partial charge < -0.3 is 4.52 Å². The van der Waals surface area contributed by atoms with Gasteiger partial charge in [0.05, 0.1) is 5.69 Å². The van der Waals surface area contributed by atoms with Gasteiger partial charge in [0.25, 0.3) is 0 Å². The highest BCUT2D eigenvalue weighted by Crippen LogP contribution is 2.19. The number of amides is 1. The Labute approximate surface area is 117 Å². The summed E-state index contributed by atoms with van der Waals surface area (Å²) in [4.78, 5) is 11.9. The number of carbonyl (C=O) groups is 1. The molecular weight excluding hydrogens is 259 g/mol. The summed E-state index contributed by atoms with van der Waals surface area (Å²) >= 11 is 0. The van der Waals surface area contributed by atoms with Crippen molar-refractivity contribution < 1.29 is 13.7 Å². The summed E-state index contributed by atoms with van der Waals surface area (Å²) in [6.45, 7) is 3.81. The summed E-state index contributed by atoms with van der Waals surface area (Å²) in [6, 6.07) is 6.25. The molecule has 0 atom stereocenters. The Kier molecular flexibility index (Phi) is 4.50. The highest BCUT2D eigenvalue weighted by Gasteiger charge is 2.13. The normalized spacial score (nSPS) is 10.6. The van der Waals surface area contributed by atoms with Crippen molar-refractivity contribution in [2.75, 3.05) is 5.32 Å². The van der Waals surface area contributed by atoms with Crippen molar-refractivity contribution in [2.24, 2.45) is 0 Å². The predicted molar refractivity (Wildman–Crippen MR) is 74.0 cm³/mol. The molecule has 0 aliphatic heterocycles. The number of rotatable bonds is 5. The Morgan fingerprint density at radius 3 is 2.95 bits per heavy atom. The fourth-order valence-corrected chi connectivity index (χ4v) is 2.04. The standard InChI is InChI=1S/C15H17FN2O2/c1-3-13-10(2)18-20-15(13)17-14(19)8-7-11-5-4-6-12(16)9-11/h4-6,9H,3,7-8H2,1-2H3,(H,17,19). The molecule has 1 heterocycles. The van der Waals surface area contributed by atoms with Gasteiger partial charge in [-0.2, -0.15) is 0 Å². The van der Waals surface area contributed by atoms with Crippen LogP contribution in [0.5, 0.6) is 0 Å². The molecule has 1 N–H and O–H groups in total. The van der Waals surface area contributed by atoms with Gasteiger partial charge in [0.1, 0.15) is 5.82 Å². The first-order chi connectivity index (χ1) is 9.60. The molecule has 1 amide bonds. The molecule has 1 aromatic heterocycles. The second kappa shape index (κ2) is 6.32. The predicted octanol–water partition coefficient (Wildman–Crippen LogP) is 3.26. The molecule has 0 unspecified atom stereocenters. The number of aromatic nitrogens is 1. The van der Waals surface area contributed by atoms with Crippen LogP contribution in [0.25, 0.3) is 0 Å². The lowest BCUT2D eigenvalue weighted by molar-refractivity contribution is -0.116. The van der Waals surface area contributed by atoms with E-state index in [2.05, 4.69) is 10.5 Å². The molecule has 0 aliphatic carbocycles. The summed E-state index contributed by atoms with van der Waals surface area (Å²) in [5, 5.41) is 6.54. The molecule has 0 spiro atoms. The Bertz CT molecular complexity index is 608. The average Bonchev–Trinajstić information content (AvgIpc) is 2.77. The number of anilines is 1. The molecular formula is C15H17FN2O2. The summed E-state index contributed by atoms with van der Waals surface area (Å²) in [5.74, 6) is -0.0450. The monoisotopic (exact) mass is 276 g/mol. The van der Waals surface area contributed by atoms with Crippen LogP contribution in [0.1, 0.15) is 30.2 Å². The summed E-state index contributed by atoms with van der Waals surface area (Å²) in [7, 11) is 0. The Balaban J connectivity index is 1.92. The molecule has 4 nitrogen and oxygen atoms in total. The number of carbonyl (C=O) groups excluding carboxylic acids is 1. The minimum absolute atomic E-state index is 0.167. The first-order valence-corrected chi connectivity index (χ1v) is 6.59. The minimum Gasteiger partial charge on any atom is -0.338 e. The van der Waals surface area contributed by atoms with Crippen LogP contribution in [-0.2, 0) is 17.6 Å². The average molecular weight is 276 g/mol.